The molecule has 0 saturated carbocycles. The number of aliphatic hydroxyl groups is 1. The van der Waals surface area contributed by atoms with Crippen molar-refractivity contribution >= 4 is 5.97 Å². The fourth-order valence-electron chi connectivity index (χ4n) is 2.69. The van der Waals surface area contributed by atoms with E-state index in [9.17, 15) is 9.90 Å². The molecule has 0 amide bonds. The lowest BCUT2D eigenvalue weighted by Gasteiger charge is -2.24. The van der Waals surface area contributed by atoms with E-state index >= 15 is 0 Å². The van der Waals surface area contributed by atoms with Crippen molar-refractivity contribution < 1.29 is 33.6 Å². The lowest BCUT2D eigenvalue weighted by atomic mass is 10.0. The van der Waals surface area contributed by atoms with Crippen molar-refractivity contribution in [1.29, 1.82) is 0 Å². The zero-order valence-corrected chi connectivity index (χ0v) is 13.1. The lowest BCUT2D eigenvalue weighted by Crippen LogP contribution is -2.40. The number of carbonyl (C=O) groups excluding carboxylic acids is 1. The Hall–Kier alpha value is -0.730. The van der Waals surface area contributed by atoms with E-state index in [0.29, 0.717) is 6.61 Å². The van der Waals surface area contributed by atoms with Gasteiger partial charge < -0.3 is 28.8 Å². The van der Waals surface area contributed by atoms with Gasteiger partial charge in [0.15, 0.2) is 17.7 Å². The number of carbonyl (C=O) groups is 1. The molecule has 7 nitrogen and oxygen atoms in total. The van der Waals surface area contributed by atoms with Gasteiger partial charge in [0.25, 0.3) is 0 Å². The van der Waals surface area contributed by atoms with Crippen LogP contribution in [-0.4, -0.2) is 60.8 Å². The van der Waals surface area contributed by atoms with Gasteiger partial charge in [-0.2, -0.15) is 0 Å². The van der Waals surface area contributed by atoms with Crippen LogP contribution in [0.3, 0.4) is 0 Å². The summed E-state index contributed by atoms with van der Waals surface area (Å²) in [5.41, 5.74) is 0. The van der Waals surface area contributed by atoms with E-state index in [1.54, 1.807) is 13.8 Å². The van der Waals surface area contributed by atoms with Crippen molar-refractivity contribution in [3.8, 4) is 0 Å². The highest BCUT2D eigenvalue weighted by Gasteiger charge is 2.50. The largest absolute Gasteiger partial charge is 0.467 e. The molecule has 0 aromatic carbocycles. The number of hydrogen-bond donors (Lipinski definition) is 1. The van der Waals surface area contributed by atoms with Crippen molar-refractivity contribution in [1.82, 2.24) is 0 Å². The maximum atomic E-state index is 11.4. The number of esters is 1. The van der Waals surface area contributed by atoms with Gasteiger partial charge >= 0.3 is 5.97 Å². The predicted octanol–water partition coefficient (Wildman–Crippen LogP) is 0.582. The van der Waals surface area contributed by atoms with Crippen LogP contribution in [0.1, 0.15) is 34.1 Å². The molecular weight excluding hydrogens is 280 g/mol. The van der Waals surface area contributed by atoms with Crippen LogP contribution in [0.4, 0.5) is 0 Å². The Morgan fingerprint density at radius 1 is 1.24 bits per heavy atom. The van der Waals surface area contributed by atoms with Crippen LogP contribution >= 0.6 is 0 Å². The van der Waals surface area contributed by atoms with E-state index in [-0.39, 0.29) is 12.5 Å². The zero-order chi connectivity index (χ0) is 15.8. The minimum Gasteiger partial charge on any atom is -0.467 e. The SMILES string of the molecule is COC(=O)[C@H](O)C[C@H]1OC(C)(C)O[C@@H]1[C@H]1COC(C)(C)O1. The van der Waals surface area contributed by atoms with Gasteiger partial charge in [-0.05, 0) is 27.7 Å². The van der Waals surface area contributed by atoms with Gasteiger partial charge in [0, 0.05) is 6.42 Å². The maximum absolute atomic E-state index is 11.4. The topological polar surface area (TPSA) is 83.5 Å². The van der Waals surface area contributed by atoms with Crippen LogP contribution in [-0.2, 0) is 28.5 Å². The molecule has 0 unspecified atom stereocenters. The van der Waals surface area contributed by atoms with Gasteiger partial charge in [-0.3, -0.25) is 0 Å². The lowest BCUT2D eigenvalue weighted by molar-refractivity contribution is -0.175. The molecule has 0 radical (unpaired) electrons. The first-order valence-corrected chi connectivity index (χ1v) is 7.07. The van der Waals surface area contributed by atoms with E-state index in [0.717, 1.165) is 0 Å². The molecule has 2 aliphatic heterocycles. The Kier molecular flexibility index (Phi) is 4.60. The highest BCUT2D eigenvalue weighted by atomic mass is 16.8. The van der Waals surface area contributed by atoms with Crippen LogP contribution in [0.15, 0.2) is 0 Å². The molecule has 4 atom stereocenters. The van der Waals surface area contributed by atoms with Crippen molar-refractivity contribution in [3.05, 3.63) is 0 Å². The maximum Gasteiger partial charge on any atom is 0.334 e. The third kappa shape index (κ3) is 3.92. The number of ether oxygens (including phenoxy) is 5. The summed E-state index contributed by atoms with van der Waals surface area (Å²) >= 11 is 0. The van der Waals surface area contributed by atoms with Crippen molar-refractivity contribution in [2.24, 2.45) is 0 Å². The van der Waals surface area contributed by atoms with Crippen LogP contribution in [0, 0.1) is 0 Å². The van der Waals surface area contributed by atoms with Gasteiger partial charge in [-0.15, -0.1) is 0 Å². The molecule has 7 heteroatoms. The normalized spacial score (nSPS) is 35.6. The van der Waals surface area contributed by atoms with E-state index in [4.69, 9.17) is 18.9 Å². The summed E-state index contributed by atoms with van der Waals surface area (Å²) in [5, 5.41) is 9.83. The molecule has 0 aromatic rings. The number of hydrogen-bond acceptors (Lipinski definition) is 7. The molecule has 2 aliphatic rings. The van der Waals surface area contributed by atoms with E-state index in [2.05, 4.69) is 4.74 Å². The molecule has 0 bridgehead atoms. The molecule has 0 aliphatic carbocycles. The Bertz CT molecular complexity index is 393. The van der Waals surface area contributed by atoms with Crippen LogP contribution in [0.5, 0.6) is 0 Å². The fraction of sp³-hybridized carbons (Fsp3) is 0.929. The standard InChI is InChI=1S/C14H24O7/c1-13(2)18-7-10(20-13)11-9(19-14(3,4)21-11)6-8(15)12(16)17-5/h8-11,15H,6-7H2,1-5H3/t8-,9-,10-,11+/m1/s1. The molecule has 1 N–H and O–H groups in total. The predicted molar refractivity (Wildman–Crippen MR) is 71.4 cm³/mol. The highest BCUT2D eigenvalue weighted by Crippen LogP contribution is 2.37. The van der Waals surface area contributed by atoms with Crippen LogP contribution in [0.25, 0.3) is 0 Å². The summed E-state index contributed by atoms with van der Waals surface area (Å²) in [4.78, 5) is 11.4. The molecule has 122 valence electrons. The molecule has 2 fully saturated rings. The van der Waals surface area contributed by atoms with E-state index in [1.807, 2.05) is 13.8 Å². The molecule has 21 heavy (non-hydrogen) atoms. The van der Waals surface area contributed by atoms with E-state index in [1.165, 1.54) is 7.11 Å². The summed E-state index contributed by atoms with van der Waals surface area (Å²) in [6.07, 6.45) is -2.37. The van der Waals surface area contributed by atoms with Gasteiger partial charge in [-0.1, -0.05) is 0 Å². The number of methoxy groups -OCH3 is 1. The molecule has 2 rings (SSSR count). The fourth-order valence-corrected chi connectivity index (χ4v) is 2.69. The highest BCUT2D eigenvalue weighted by molar-refractivity contribution is 5.74. The molecule has 2 heterocycles. The van der Waals surface area contributed by atoms with Gasteiger partial charge in [0.1, 0.15) is 12.2 Å². The first kappa shape index (κ1) is 16.6. The summed E-state index contributed by atoms with van der Waals surface area (Å²) in [6, 6.07) is 0. The van der Waals surface area contributed by atoms with E-state index < -0.39 is 35.9 Å². The van der Waals surface area contributed by atoms with Crippen LogP contribution in [0.2, 0.25) is 0 Å². The second-order valence-corrected chi connectivity index (χ2v) is 6.28. The summed E-state index contributed by atoms with van der Waals surface area (Å²) in [6.45, 7) is 7.59. The Balaban J connectivity index is 2.05. The Labute approximate surface area is 124 Å². The van der Waals surface area contributed by atoms with Crippen molar-refractivity contribution in [2.75, 3.05) is 13.7 Å². The second kappa shape index (κ2) is 5.81. The van der Waals surface area contributed by atoms with Gasteiger partial charge in [-0.25, -0.2) is 4.79 Å². The number of aliphatic hydroxyl groups excluding tert-OH is 1. The molecule has 0 aromatic heterocycles. The second-order valence-electron chi connectivity index (χ2n) is 6.28. The zero-order valence-electron chi connectivity index (χ0n) is 13.1. The smallest absolute Gasteiger partial charge is 0.334 e. The Morgan fingerprint density at radius 3 is 2.43 bits per heavy atom. The molecular formula is C14H24O7. The summed E-state index contributed by atoms with van der Waals surface area (Å²) < 4.78 is 27.5. The quantitative estimate of drug-likeness (QED) is 0.761. The minimum atomic E-state index is -1.25. The first-order valence-electron chi connectivity index (χ1n) is 7.07. The summed E-state index contributed by atoms with van der Waals surface area (Å²) in [5.74, 6) is -2.17. The summed E-state index contributed by atoms with van der Waals surface area (Å²) in [7, 11) is 1.23. The monoisotopic (exact) mass is 304 g/mol. The van der Waals surface area contributed by atoms with Crippen LogP contribution < -0.4 is 0 Å². The Morgan fingerprint density at radius 2 is 1.90 bits per heavy atom. The molecule has 2 saturated heterocycles. The third-order valence-corrected chi connectivity index (χ3v) is 3.55. The third-order valence-electron chi connectivity index (χ3n) is 3.55. The first-order chi connectivity index (χ1) is 9.63. The minimum absolute atomic E-state index is 0.0844. The van der Waals surface area contributed by atoms with Crippen molar-refractivity contribution in [3.63, 3.8) is 0 Å². The number of rotatable bonds is 4. The average Bonchev–Trinajstić information content (AvgIpc) is 2.87. The van der Waals surface area contributed by atoms with Crippen molar-refractivity contribution in [2.45, 2.75) is 70.1 Å². The average molecular weight is 304 g/mol. The van der Waals surface area contributed by atoms with Gasteiger partial charge in [0.2, 0.25) is 0 Å². The van der Waals surface area contributed by atoms with Gasteiger partial charge in [0.05, 0.1) is 19.8 Å². The molecule has 0 spiro atoms.